The van der Waals surface area contributed by atoms with Crippen LogP contribution in [-0.4, -0.2) is 17.0 Å². The van der Waals surface area contributed by atoms with E-state index in [9.17, 15) is 4.39 Å². The van der Waals surface area contributed by atoms with E-state index < -0.39 is 0 Å². The van der Waals surface area contributed by atoms with Crippen LogP contribution in [0.2, 0.25) is 0 Å². The number of hydrogen-bond donors (Lipinski definition) is 0. The predicted octanol–water partition coefficient (Wildman–Crippen LogP) is 3.12. The molecule has 0 aliphatic rings. The van der Waals surface area contributed by atoms with Crippen LogP contribution in [0, 0.1) is 5.82 Å². The third-order valence-corrected chi connectivity index (χ3v) is 2.67. The molecule has 0 bridgehead atoms. The molecule has 0 saturated heterocycles. The second kappa shape index (κ2) is 5.10. The van der Waals surface area contributed by atoms with Crippen molar-refractivity contribution in [3.8, 4) is 0 Å². The average Bonchev–Trinajstić information content (AvgIpc) is 2.39. The van der Waals surface area contributed by atoms with E-state index in [0.29, 0.717) is 17.5 Å². The third-order valence-electron chi connectivity index (χ3n) is 2.36. The van der Waals surface area contributed by atoms with Crippen molar-refractivity contribution in [3.05, 3.63) is 48.0 Å². The first-order valence-electron chi connectivity index (χ1n) is 5.07. The Morgan fingerprint density at radius 1 is 1.24 bits per heavy atom. The van der Waals surface area contributed by atoms with Crippen molar-refractivity contribution >= 4 is 23.2 Å². The summed E-state index contributed by atoms with van der Waals surface area (Å²) < 4.78 is 13.6. The molecule has 0 N–H and O–H groups in total. The SMILES string of the molecule is CN(c1ncc(CCl)cn1)c1ccccc1F. The van der Waals surface area contributed by atoms with Crippen molar-refractivity contribution in [1.29, 1.82) is 0 Å². The van der Waals surface area contributed by atoms with Gasteiger partial charge in [-0.3, -0.25) is 0 Å². The second-order valence-corrected chi connectivity index (χ2v) is 3.80. The summed E-state index contributed by atoms with van der Waals surface area (Å²) in [5.74, 6) is 0.493. The highest BCUT2D eigenvalue weighted by atomic mass is 35.5. The first-order valence-corrected chi connectivity index (χ1v) is 5.61. The van der Waals surface area contributed by atoms with Crippen molar-refractivity contribution in [1.82, 2.24) is 9.97 Å². The highest BCUT2D eigenvalue weighted by Crippen LogP contribution is 2.22. The predicted molar refractivity (Wildman–Crippen MR) is 66.1 cm³/mol. The van der Waals surface area contributed by atoms with Gasteiger partial charge in [0.05, 0.1) is 11.6 Å². The smallest absolute Gasteiger partial charge is 0.229 e. The minimum Gasteiger partial charge on any atom is -0.311 e. The van der Waals surface area contributed by atoms with Crippen LogP contribution in [0.15, 0.2) is 36.7 Å². The number of hydrogen-bond acceptors (Lipinski definition) is 3. The maximum Gasteiger partial charge on any atom is 0.229 e. The molecule has 0 fully saturated rings. The normalized spacial score (nSPS) is 10.3. The van der Waals surface area contributed by atoms with Crippen LogP contribution in [0.3, 0.4) is 0 Å². The Morgan fingerprint density at radius 2 is 1.88 bits per heavy atom. The van der Waals surface area contributed by atoms with Gasteiger partial charge in [-0.15, -0.1) is 11.6 Å². The van der Waals surface area contributed by atoms with Gasteiger partial charge in [-0.25, -0.2) is 14.4 Å². The molecule has 17 heavy (non-hydrogen) atoms. The van der Waals surface area contributed by atoms with Gasteiger partial charge in [-0.1, -0.05) is 12.1 Å². The Labute approximate surface area is 104 Å². The van der Waals surface area contributed by atoms with Crippen molar-refractivity contribution in [2.45, 2.75) is 5.88 Å². The minimum absolute atomic E-state index is 0.306. The molecule has 5 heteroatoms. The summed E-state index contributed by atoms with van der Waals surface area (Å²) in [6.07, 6.45) is 3.26. The minimum atomic E-state index is -0.306. The van der Waals surface area contributed by atoms with Gasteiger partial charge in [0.25, 0.3) is 0 Å². The van der Waals surface area contributed by atoms with Gasteiger partial charge in [0.2, 0.25) is 5.95 Å². The molecule has 0 unspecified atom stereocenters. The van der Waals surface area contributed by atoms with E-state index in [4.69, 9.17) is 11.6 Å². The maximum atomic E-state index is 13.6. The van der Waals surface area contributed by atoms with E-state index >= 15 is 0 Å². The second-order valence-electron chi connectivity index (χ2n) is 3.54. The van der Waals surface area contributed by atoms with Gasteiger partial charge in [0, 0.05) is 25.0 Å². The summed E-state index contributed by atoms with van der Waals surface area (Å²) in [5.41, 5.74) is 1.27. The van der Waals surface area contributed by atoms with E-state index in [1.54, 1.807) is 42.5 Å². The number of alkyl halides is 1. The number of para-hydroxylation sites is 1. The molecule has 0 atom stereocenters. The number of rotatable bonds is 3. The van der Waals surface area contributed by atoms with Crippen LogP contribution in [0.4, 0.5) is 16.0 Å². The molecule has 0 saturated carbocycles. The molecule has 1 aromatic carbocycles. The van der Waals surface area contributed by atoms with E-state index in [-0.39, 0.29) is 5.82 Å². The van der Waals surface area contributed by atoms with Crippen LogP contribution in [0.5, 0.6) is 0 Å². The van der Waals surface area contributed by atoms with Gasteiger partial charge < -0.3 is 4.90 Å². The molecule has 0 aliphatic heterocycles. The Hall–Kier alpha value is -1.68. The van der Waals surface area contributed by atoms with Crippen LogP contribution in [0.1, 0.15) is 5.56 Å². The van der Waals surface area contributed by atoms with Gasteiger partial charge in [-0.05, 0) is 12.1 Å². The fraction of sp³-hybridized carbons (Fsp3) is 0.167. The van der Waals surface area contributed by atoms with Gasteiger partial charge in [-0.2, -0.15) is 0 Å². The lowest BCUT2D eigenvalue weighted by Gasteiger charge is -2.17. The van der Waals surface area contributed by atoms with Crippen LogP contribution in [0.25, 0.3) is 0 Å². The largest absolute Gasteiger partial charge is 0.311 e. The first-order chi connectivity index (χ1) is 8.22. The molecular weight excluding hydrogens is 241 g/mol. The average molecular weight is 252 g/mol. The molecule has 2 rings (SSSR count). The Kier molecular flexibility index (Phi) is 3.54. The standard InChI is InChI=1S/C12H11ClFN3/c1-17(11-5-3-2-4-10(11)14)12-15-7-9(6-13)8-16-12/h2-5,7-8H,6H2,1H3. The summed E-state index contributed by atoms with van der Waals surface area (Å²) >= 11 is 5.65. The summed E-state index contributed by atoms with van der Waals surface area (Å²) in [5, 5.41) is 0. The molecule has 1 heterocycles. The zero-order valence-electron chi connectivity index (χ0n) is 9.27. The van der Waals surface area contributed by atoms with Crippen LogP contribution in [-0.2, 0) is 5.88 Å². The van der Waals surface area contributed by atoms with Gasteiger partial charge in [0.15, 0.2) is 0 Å². The van der Waals surface area contributed by atoms with E-state index in [1.165, 1.54) is 6.07 Å². The summed E-state index contributed by atoms with van der Waals surface area (Å²) in [6, 6.07) is 6.49. The topological polar surface area (TPSA) is 29.0 Å². The van der Waals surface area contributed by atoms with E-state index in [1.807, 2.05) is 0 Å². The van der Waals surface area contributed by atoms with E-state index in [0.717, 1.165) is 5.56 Å². The maximum absolute atomic E-state index is 13.6. The van der Waals surface area contributed by atoms with Gasteiger partial charge in [0.1, 0.15) is 5.82 Å². The highest BCUT2D eigenvalue weighted by Gasteiger charge is 2.10. The van der Waals surface area contributed by atoms with Crippen LogP contribution < -0.4 is 4.90 Å². The highest BCUT2D eigenvalue weighted by molar-refractivity contribution is 6.17. The number of nitrogens with zero attached hydrogens (tertiary/aromatic N) is 3. The molecule has 1 aromatic heterocycles. The zero-order valence-corrected chi connectivity index (χ0v) is 10.0. The molecular formula is C12H11ClFN3. The van der Waals surface area contributed by atoms with Crippen molar-refractivity contribution in [3.63, 3.8) is 0 Å². The molecule has 0 spiro atoms. The summed E-state index contributed by atoms with van der Waals surface area (Å²) in [7, 11) is 1.72. The molecule has 0 aliphatic carbocycles. The lowest BCUT2D eigenvalue weighted by molar-refractivity contribution is 0.627. The number of anilines is 2. The monoisotopic (exact) mass is 251 g/mol. The quantitative estimate of drug-likeness (QED) is 0.785. The summed E-state index contributed by atoms with van der Waals surface area (Å²) in [4.78, 5) is 9.85. The number of benzene rings is 1. The molecule has 0 amide bonds. The number of aromatic nitrogens is 2. The lowest BCUT2D eigenvalue weighted by Crippen LogP contribution is -2.14. The fourth-order valence-corrected chi connectivity index (χ4v) is 1.56. The van der Waals surface area contributed by atoms with Crippen molar-refractivity contribution in [2.24, 2.45) is 0 Å². The Morgan fingerprint density at radius 3 is 2.47 bits per heavy atom. The van der Waals surface area contributed by atoms with E-state index in [2.05, 4.69) is 9.97 Å². The molecule has 2 aromatic rings. The third kappa shape index (κ3) is 2.53. The number of halogens is 2. The van der Waals surface area contributed by atoms with Gasteiger partial charge >= 0.3 is 0 Å². The van der Waals surface area contributed by atoms with Crippen molar-refractivity contribution < 1.29 is 4.39 Å². The Balaban J connectivity index is 2.30. The summed E-state index contributed by atoms with van der Waals surface area (Å²) in [6.45, 7) is 0. The lowest BCUT2D eigenvalue weighted by atomic mass is 10.3. The first kappa shape index (κ1) is 11.8. The van der Waals surface area contributed by atoms with Crippen molar-refractivity contribution in [2.75, 3.05) is 11.9 Å². The zero-order chi connectivity index (χ0) is 12.3. The van der Waals surface area contributed by atoms with Crippen LogP contribution >= 0.6 is 11.6 Å². The molecule has 0 radical (unpaired) electrons. The fourth-order valence-electron chi connectivity index (χ4n) is 1.42. The molecule has 3 nitrogen and oxygen atoms in total. The molecule has 88 valence electrons. The Bertz CT molecular complexity index is 501.